The van der Waals surface area contributed by atoms with Crippen molar-refractivity contribution in [2.24, 2.45) is 0 Å². The first-order valence-electron chi connectivity index (χ1n) is 9.99. The molecule has 31 heavy (non-hydrogen) atoms. The van der Waals surface area contributed by atoms with E-state index in [0.717, 1.165) is 31.6 Å². The van der Waals surface area contributed by atoms with Gasteiger partial charge in [-0.3, -0.25) is 4.57 Å². The van der Waals surface area contributed by atoms with Crippen molar-refractivity contribution in [3.63, 3.8) is 0 Å². The van der Waals surface area contributed by atoms with Crippen LogP contribution in [0.2, 0.25) is 5.28 Å². The van der Waals surface area contributed by atoms with Crippen LogP contribution in [0.5, 0.6) is 5.75 Å². The van der Waals surface area contributed by atoms with E-state index >= 15 is 0 Å². The van der Waals surface area contributed by atoms with E-state index in [4.69, 9.17) is 25.8 Å². The van der Waals surface area contributed by atoms with E-state index in [-0.39, 0.29) is 17.7 Å². The molecule has 0 bridgehead atoms. The molecule has 0 amide bonds. The van der Waals surface area contributed by atoms with Crippen molar-refractivity contribution in [1.29, 1.82) is 0 Å². The van der Waals surface area contributed by atoms with E-state index in [1.807, 2.05) is 24.3 Å². The Labute approximate surface area is 185 Å². The van der Waals surface area contributed by atoms with Gasteiger partial charge in [-0.2, -0.15) is 0 Å². The molecule has 1 aromatic heterocycles. The van der Waals surface area contributed by atoms with Crippen molar-refractivity contribution in [1.82, 2.24) is 9.55 Å². The Kier molecular flexibility index (Phi) is 7.71. The summed E-state index contributed by atoms with van der Waals surface area (Å²) in [6.45, 7) is 2.05. The lowest BCUT2D eigenvalue weighted by atomic mass is 10.0. The van der Waals surface area contributed by atoms with E-state index in [9.17, 15) is 15.2 Å². The number of anilines is 1. The van der Waals surface area contributed by atoms with Gasteiger partial charge in [-0.25, -0.2) is 0 Å². The fraction of sp³-hybridized carbons (Fsp3) is 0.550. The number of imidazole rings is 1. The van der Waals surface area contributed by atoms with E-state index in [0.29, 0.717) is 18.7 Å². The predicted octanol–water partition coefficient (Wildman–Crippen LogP) is 2.86. The van der Waals surface area contributed by atoms with Crippen LogP contribution in [0.15, 0.2) is 30.5 Å². The van der Waals surface area contributed by atoms with Gasteiger partial charge in [0.15, 0.2) is 5.79 Å². The molecule has 0 spiro atoms. The lowest BCUT2D eigenvalue weighted by Crippen LogP contribution is -2.46. The largest absolute Gasteiger partial charge is 0.491 e. The van der Waals surface area contributed by atoms with Crippen LogP contribution in [0.1, 0.15) is 19.3 Å². The molecule has 1 N–H and O–H groups in total. The van der Waals surface area contributed by atoms with Gasteiger partial charge in [0.05, 0.1) is 6.10 Å². The maximum absolute atomic E-state index is 10.7. The average Bonchev–Trinajstić information content (AvgIpc) is 3.17. The number of aliphatic hydroxyl groups is 1. The minimum absolute atomic E-state index is 0.0151. The second-order valence-corrected chi connectivity index (χ2v) is 7.71. The maximum atomic E-state index is 10.7. The zero-order valence-electron chi connectivity index (χ0n) is 17.6. The summed E-state index contributed by atoms with van der Waals surface area (Å²) in [6, 6.07) is 7.71. The van der Waals surface area contributed by atoms with Crippen LogP contribution < -0.4 is 9.64 Å². The molecule has 0 unspecified atom stereocenters. The van der Waals surface area contributed by atoms with E-state index < -0.39 is 16.8 Å². The first-order chi connectivity index (χ1) is 14.9. The summed E-state index contributed by atoms with van der Waals surface area (Å²) in [5, 5.41) is 20.9. The van der Waals surface area contributed by atoms with Gasteiger partial charge < -0.3 is 34.3 Å². The Balaban J connectivity index is 1.44. The van der Waals surface area contributed by atoms with Crippen LogP contribution in [-0.4, -0.2) is 65.4 Å². The highest BCUT2D eigenvalue weighted by Gasteiger charge is 2.34. The standard InChI is InChI=1S/C20H27ClN4O6/c1-29-20(30-2)8-11-23(12-9-20)15-3-5-17(6-4-15)31-14-16(26)7-10-24-13-18(25(27)28)22-19(24)21/h3-6,13,16,26H,7-12,14H2,1-2H3/t16-/m0/s1. The summed E-state index contributed by atoms with van der Waals surface area (Å²) in [6.07, 6.45) is 2.39. The average molecular weight is 455 g/mol. The highest BCUT2D eigenvalue weighted by Crippen LogP contribution is 2.30. The Morgan fingerprint density at radius 3 is 2.45 bits per heavy atom. The third-order valence-electron chi connectivity index (χ3n) is 5.52. The van der Waals surface area contributed by atoms with Gasteiger partial charge >= 0.3 is 11.1 Å². The number of piperidine rings is 1. The van der Waals surface area contributed by atoms with Gasteiger partial charge in [0.1, 0.15) is 18.6 Å². The molecule has 1 fully saturated rings. The highest BCUT2D eigenvalue weighted by atomic mass is 35.5. The second-order valence-electron chi connectivity index (χ2n) is 7.37. The fourth-order valence-electron chi connectivity index (χ4n) is 3.54. The molecule has 1 aliphatic heterocycles. The molecule has 1 saturated heterocycles. The Bertz CT molecular complexity index is 861. The SMILES string of the molecule is COC1(OC)CCN(c2ccc(OC[C@@H](O)CCn3cc([N+](=O)[O-])nc3Cl)cc2)CC1. The zero-order valence-corrected chi connectivity index (χ0v) is 18.3. The van der Waals surface area contributed by atoms with Crippen molar-refractivity contribution in [3.05, 3.63) is 45.9 Å². The summed E-state index contributed by atoms with van der Waals surface area (Å²) in [5.74, 6) is -0.166. The van der Waals surface area contributed by atoms with Crippen molar-refractivity contribution >= 4 is 23.1 Å². The van der Waals surface area contributed by atoms with E-state index in [1.54, 1.807) is 14.2 Å². The zero-order chi connectivity index (χ0) is 22.4. The molecule has 170 valence electrons. The summed E-state index contributed by atoms with van der Waals surface area (Å²) >= 11 is 5.87. The lowest BCUT2D eigenvalue weighted by molar-refractivity contribution is -0.389. The molecule has 2 heterocycles. The van der Waals surface area contributed by atoms with Crippen molar-refractivity contribution in [2.45, 2.75) is 37.7 Å². The number of nitrogens with zero attached hydrogens (tertiary/aromatic N) is 4. The maximum Gasteiger partial charge on any atom is 0.383 e. The Morgan fingerprint density at radius 1 is 1.26 bits per heavy atom. The quantitative estimate of drug-likeness (QED) is 0.331. The van der Waals surface area contributed by atoms with Gasteiger partial charge in [0.25, 0.3) is 0 Å². The van der Waals surface area contributed by atoms with E-state index in [1.165, 1.54) is 10.8 Å². The molecule has 11 heteroatoms. The molecule has 1 aliphatic rings. The molecule has 0 aliphatic carbocycles. The highest BCUT2D eigenvalue weighted by molar-refractivity contribution is 6.28. The van der Waals surface area contributed by atoms with Crippen LogP contribution >= 0.6 is 11.6 Å². The first kappa shape index (κ1) is 23.3. The third-order valence-corrected chi connectivity index (χ3v) is 5.82. The number of aliphatic hydroxyl groups excluding tert-OH is 1. The van der Waals surface area contributed by atoms with E-state index in [2.05, 4.69) is 9.88 Å². The molecule has 1 aromatic carbocycles. The van der Waals surface area contributed by atoms with Gasteiger partial charge in [-0.05, 0) is 52.2 Å². The molecule has 10 nitrogen and oxygen atoms in total. The number of benzene rings is 1. The summed E-state index contributed by atoms with van der Waals surface area (Å²) in [4.78, 5) is 16.0. The van der Waals surface area contributed by atoms with Crippen LogP contribution in [0.25, 0.3) is 0 Å². The van der Waals surface area contributed by atoms with Gasteiger partial charge in [0.2, 0.25) is 0 Å². The van der Waals surface area contributed by atoms with Crippen LogP contribution in [-0.2, 0) is 16.0 Å². The molecule has 2 aromatic rings. The second kappa shape index (κ2) is 10.3. The number of methoxy groups -OCH3 is 2. The molecular weight excluding hydrogens is 428 g/mol. The summed E-state index contributed by atoms with van der Waals surface area (Å²) in [7, 11) is 3.35. The lowest BCUT2D eigenvalue weighted by Gasteiger charge is -2.40. The van der Waals surface area contributed by atoms with Crippen molar-refractivity contribution in [3.8, 4) is 5.75 Å². The van der Waals surface area contributed by atoms with Crippen molar-refractivity contribution in [2.75, 3.05) is 38.8 Å². The number of aryl methyl sites for hydroxylation is 1. The number of nitro groups is 1. The Hall–Kier alpha value is -2.40. The number of aromatic nitrogens is 2. The van der Waals surface area contributed by atoms with Crippen LogP contribution in [0, 0.1) is 10.1 Å². The van der Waals surface area contributed by atoms with Crippen LogP contribution in [0.4, 0.5) is 11.5 Å². The molecule has 3 rings (SSSR count). The molecule has 0 radical (unpaired) electrons. The summed E-state index contributed by atoms with van der Waals surface area (Å²) in [5.41, 5.74) is 1.09. The first-order valence-corrected chi connectivity index (χ1v) is 10.4. The minimum atomic E-state index is -0.754. The number of hydrogen-bond acceptors (Lipinski definition) is 8. The normalized spacial score (nSPS) is 16.8. The van der Waals surface area contributed by atoms with Crippen LogP contribution in [0.3, 0.4) is 0 Å². The summed E-state index contributed by atoms with van der Waals surface area (Å²) < 4.78 is 18.1. The monoisotopic (exact) mass is 454 g/mol. The fourth-order valence-corrected chi connectivity index (χ4v) is 3.76. The van der Waals surface area contributed by atoms with Gasteiger partial charge in [0, 0.05) is 52.4 Å². The minimum Gasteiger partial charge on any atom is -0.491 e. The predicted molar refractivity (Wildman–Crippen MR) is 115 cm³/mol. The molecule has 0 saturated carbocycles. The third kappa shape index (κ3) is 5.85. The van der Waals surface area contributed by atoms with Gasteiger partial charge in [-0.15, -0.1) is 0 Å². The number of rotatable bonds is 10. The number of hydrogen-bond donors (Lipinski definition) is 1. The number of halogens is 1. The molecular formula is C20H27ClN4O6. The molecule has 1 atom stereocenters. The Morgan fingerprint density at radius 2 is 1.90 bits per heavy atom. The van der Waals surface area contributed by atoms with Gasteiger partial charge in [-0.1, -0.05) is 0 Å². The van der Waals surface area contributed by atoms with Crippen molar-refractivity contribution < 1.29 is 24.2 Å². The number of ether oxygens (including phenoxy) is 3. The smallest absolute Gasteiger partial charge is 0.383 e. The topological polar surface area (TPSA) is 112 Å².